The summed E-state index contributed by atoms with van der Waals surface area (Å²) in [4.78, 5) is 15.6. The third-order valence-corrected chi connectivity index (χ3v) is 11.3. The Bertz CT molecular complexity index is 1830. The molecule has 6 rings (SSSR count). The Morgan fingerprint density at radius 2 is 1.78 bits per heavy atom. The Morgan fingerprint density at radius 3 is 2.45 bits per heavy atom. The van der Waals surface area contributed by atoms with Gasteiger partial charge in [0.15, 0.2) is 0 Å². The zero-order valence-electron chi connectivity index (χ0n) is 26.8. The number of hydrogen-bond donors (Lipinski definition) is 5. The first kappa shape index (κ1) is 35.3. The molecule has 0 amide bonds. The highest BCUT2D eigenvalue weighted by Crippen LogP contribution is 2.45. The van der Waals surface area contributed by atoms with E-state index in [0.29, 0.717) is 23.0 Å². The van der Waals surface area contributed by atoms with Crippen LogP contribution in [0.1, 0.15) is 25.3 Å². The topological polar surface area (TPSA) is 210 Å². The van der Waals surface area contributed by atoms with Crippen molar-refractivity contribution in [3.63, 3.8) is 0 Å². The van der Waals surface area contributed by atoms with Crippen molar-refractivity contribution in [3.8, 4) is 17.2 Å². The van der Waals surface area contributed by atoms with E-state index in [1.807, 2.05) is 4.90 Å². The summed E-state index contributed by atoms with van der Waals surface area (Å²) in [5, 5.41) is 44.8. The van der Waals surface area contributed by atoms with Gasteiger partial charge >= 0.3 is 5.56 Å². The lowest BCUT2D eigenvalue weighted by atomic mass is 9.99. The minimum atomic E-state index is -3.88. The van der Waals surface area contributed by atoms with Crippen LogP contribution in [0, 0.1) is 5.41 Å². The first-order valence-corrected chi connectivity index (χ1v) is 17.9. The fraction of sp³-hybridized carbons (Fsp3) is 0.500. The van der Waals surface area contributed by atoms with E-state index in [4.69, 9.17) is 31.5 Å². The SMILES string of the molecule is CC1(COc2c(N3CCN(S(=O)(=O)Cc4cccc(OC5O[C@H](CO)[C@H](O)[C@H](O)[C@H]5O)c4N)CC3)cnn(-c3cccc(Cl)c3)c2=O)CC1. The standard InChI is InChI=1S/C32H40ClN5O10S/c1-32(8-9-32)18-46-29-22(15-35-38(30(29)43)21-6-3-5-20(33)14-21)36-10-12-37(13-11-36)49(44,45)17-19-4-2-7-23(25(19)34)47-31-28(42)27(41)26(40)24(16-39)48-31/h2-7,14-15,24,26-28,31,39-42H,8-13,16-18,34H2,1H3/t24-,26+,27+,28-,31?/m1/s1. The van der Waals surface area contributed by atoms with E-state index in [1.54, 1.807) is 30.5 Å². The first-order chi connectivity index (χ1) is 23.3. The van der Waals surface area contributed by atoms with Crippen LogP contribution in [0.25, 0.3) is 5.69 Å². The van der Waals surface area contributed by atoms with E-state index in [0.717, 1.165) is 12.8 Å². The molecule has 0 spiro atoms. The normalized spacial score (nSPS) is 25.6. The van der Waals surface area contributed by atoms with Crippen LogP contribution in [0.2, 0.25) is 5.02 Å². The van der Waals surface area contributed by atoms with E-state index < -0.39 is 58.6 Å². The Morgan fingerprint density at radius 1 is 1.06 bits per heavy atom. The second-order valence-corrected chi connectivity index (χ2v) is 15.3. The lowest BCUT2D eigenvalue weighted by Gasteiger charge is -2.39. The fourth-order valence-electron chi connectivity index (χ4n) is 5.79. The molecular weight excluding hydrogens is 682 g/mol. The lowest BCUT2D eigenvalue weighted by Crippen LogP contribution is -2.60. The average Bonchev–Trinajstić information content (AvgIpc) is 3.82. The molecule has 3 heterocycles. The van der Waals surface area contributed by atoms with Gasteiger partial charge in [-0.3, -0.25) is 4.79 Å². The van der Waals surface area contributed by atoms with E-state index >= 15 is 0 Å². The molecule has 0 bridgehead atoms. The van der Waals surface area contributed by atoms with Gasteiger partial charge in [0, 0.05) is 36.6 Å². The fourth-order valence-corrected chi connectivity index (χ4v) is 7.52. The summed E-state index contributed by atoms with van der Waals surface area (Å²) in [5.74, 6) is -0.313. The third-order valence-electron chi connectivity index (χ3n) is 9.19. The molecule has 2 saturated heterocycles. The molecule has 17 heteroatoms. The number of para-hydroxylation sites is 1. The van der Waals surface area contributed by atoms with Gasteiger partial charge in [-0.25, -0.2) is 8.42 Å². The molecule has 6 N–H and O–H groups in total. The number of nitrogens with zero attached hydrogens (tertiary/aromatic N) is 4. The number of rotatable bonds is 11. The molecule has 49 heavy (non-hydrogen) atoms. The second kappa shape index (κ2) is 14.0. The zero-order chi connectivity index (χ0) is 35.1. The van der Waals surface area contributed by atoms with E-state index in [-0.39, 0.29) is 54.3 Å². The van der Waals surface area contributed by atoms with Crippen molar-refractivity contribution in [1.82, 2.24) is 14.1 Å². The van der Waals surface area contributed by atoms with Crippen molar-refractivity contribution in [2.45, 2.75) is 56.2 Å². The number of benzene rings is 2. The Kier molecular flexibility index (Phi) is 10.1. The monoisotopic (exact) mass is 721 g/mol. The van der Waals surface area contributed by atoms with E-state index in [9.17, 15) is 33.6 Å². The van der Waals surface area contributed by atoms with Gasteiger partial charge in [-0.1, -0.05) is 36.7 Å². The van der Waals surface area contributed by atoms with Crippen LogP contribution in [-0.2, 0) is 20.5 Å². The first-order valence-electron chi connectivity index (χ1n) is 15.9. The molecule has 1 saturated carbocycles. The molecule has 2 aromatic carbocycles. The third kappa shape index (κ3) is 7.51. The summed E-state index contributed by atoms with van der Waals surface area (Å²) < 4.78 is 47.0. The molecule has 1 aromatic heterocycles. The van der Waals surface area contributed by atoms with Crippen molar-refractivity contribution in [1.29, 1.82) is 0 Å². The van der Waals surface area contributed by atoms with Crippen LogP contribution >= 0.6 is 11.6 Å². The quantitative estimate of drug-likeness (QED) is 0.171. The molecule has 3 aromatic rings. The van der Waals surface area contributed by atoms with E-state index in [1.165, 1.54) is 27.2 Å². The number of aliphatic hydroxyl groups is 4. The van der Waals surface area contributed by atoms with Crippen molar-refractivity contribution in [2.75, 3.05) is 50.0 Å². The molecule has 5 atom stereocenters. The highest BCUT2D eigenvalue weighted by atomic mass is 35.5. The second-order valence-electron chi connectivity index (χ2n) is 12.9. The largest absolute Gasteiger partial charge is 0.486 e. The predicted molar refractivity (Wildman–Crippen MR) is 179 cm³/mol. The highest BCUT2D eigenvalue weighted by molar-refractivity contribution is 7.88. The summed E-state index contributed by atoms with van der Waals surface area (Å²) in [7, 11) is -3.88. The lowest BCUT2D eigenvalue weighted by molar-refractivity contribution is -0.277. The number of halogens is 1. The molecule has 0 radical (unpaired) electrons. The maximum atomic E-state index is 13.7. The minimum Gasteiger partial charge on any atom is -0.486 e. The summed E-state index contributed by atoms with van der Waals surface area (Å²) in [6.07, 6.45) is -4.00. The van der Waals surface area contributed by atoms with Gasteiger partial charge in [0.05, 0.1) is 36.5 Å². The summed E-state index contributed by atoms with van der Waals surface area (Å²) in [6, 6.07) is 11.3. The van der Waals surface area contributed by atoms with Gasteiger partial charge in [0.2, 0.25) is 22.1 Å². The van der Waals surface area contributed by atoms with E-state index in [2.05, 4.69) is 12.0 Å². The summed E-state index contributed by atoms with van der Waals surface area (Å²) in [6.45, 7) is 2.60. The van der Waals surface area contributed by atoms with Crippen molar-refractivity contribution in [2.24, 2.45) is 5.41 Å². The Balaban J connectivity index is 1.15. The molecular formula is C32H40ClN5O10S. The number of nitrogens with two attached hydrogens (primary N) is 1. The number of nitrogen functional groups attached to an aromatic ring is 1. The Hall–Kier alpha value is -3.48. The molecule has 266 valence electrons. The number of piperazine rings is 1. The maximum absolute atomic E-state index is 13.7. The zero-order valence-corrected chi connectivity index (χ0v) is 28.3. The molecule has 1 unspecified atom stereocenters. The van der Waals surface area contributed by atoms with Crippen LogP contribution in [0.15, 0.2) is 53.5 Å². The van der Waals surface area contributed by atoms with Gasteiger partial charge in [-0.2, -0.15) is 14.1 Å². The van der Waals surface area contributed by atoms with Crippen LogP contribution in [-0.4, -0.2) is 113 Å². The van der Waals surface area contributed by atoms with Crippen molar-refractivity contribution < 1.29 is 43.1 Å². The number of aromatic nitrogens is 2. The molecule has 15 nitrogen and oxygen atoms in total. The molecule has 3 fully saturated rings. The average molecular weight is 722 g/mol. The number of hydrogen-bond acceptors (Lipinski definition) is 13. The maximum Gasteiger partial charge on any atom is 0.316 e. The predicted octanol–water partition coefficient (Wildman–Crippen LogP) is 0.478. The smallest absolute Gasteiger partial charge is 0.316 e. The molecule has 3 aliphatic rings. The molecule has 2 aliphatic heterocycles. The highest BCUT2D eigenvalue weighted by Gasteiger charge is 2.45. The Labute approximate surface area is 288 Å². The van der Waals surface area contributed by atoms with Crippen LogP contribution < -0.4 is 25.7 Å². The van der Waals surface area contributed by atoms with Gasteiger partial charge in [-0.05, 0) is 42.7 Å². The van der Waals surface area contributed by atoms with Crippen molar-refractivity contribution in [3.05, 3.63) is 69.6 Å². The van der Waals surface area contributed by atoms with Crippen LogP contribution in [0.3, 0.4) is 0 Å². The van der Waals surface area contributed by atoms with Crippen LogP contribution in [0.5, 0.6) is 11.5 Å². The summed E-state index contributed by atoms with van der Waals surface area (Å²) in [5.41, 5.74) is 7.04. The number of aliphatic hydroxyl groups excluding tert-OH is 4. The summed E-state index contributed by atoms with van der Waals surface area (Å²) >= 11 is 6.16. The number of sulfonamides is 1. The van der Waals surface area contributed by atoms with Crippen LogP contribution in [0.4, 0.5) is 11.4 Å². The van der Waals surface area contributed by atoms with Gasteiger partial charge < -0.3 is 45.3 Å². The molecule has 1 aliphatic carbocycles. The van der Waals surface area contributed by atoms with Gasteiger partial charge in [0.25, 0.3) is 0 Å². The number of ether oxygens (including phenoxy) is 3. The van der Waals surface area contributed by atoms with Gasteiger partial charge in [0.1, 0.15) is 35.9 Å². The van der Waals surface area contributed by atoms with Gasteiger partial charge in [-0.15, -0.1) is 0 Å². The minimum absolute atomic E-state index is 0.000335. The van der Waals surface area contributed by atoms with Crippen molar-refractivity contribution >= 4 is 33.0 Å². The number of anilines is 2.